The average molecular weight is 314 g/mol. The summed E-state index contributed by atoms with van der Waals surface area (Å²) in [7, 11) is 1.84. The van der Waals surface area contributed by atoms with Crippen LogP contribution in [0.25, 0.3) is 0 Å². The van der Waals surface area contributed by atoms with Gasteiger partial charge in [-0.25, -0.2) is 4.98 Å². The molecule has 4 nitrogen and oxygen atoms in total. The highest BCUT2D eigenvalue weighted by Gasteiger charge is 2.35. The van der Waals surface area contributed by atoms with Crippen molar-refractivity contribution in [3.63, 3.8) is 0 Å². The summed E-state index contributed by atoms with van der Waals surface area (Å²) in [5, 5.41) is 4.02. The van der Waals surface area contributed by atoms with Gasteiger partial charge in [0.2, 0.25) is 0 Å². The van der Waals surface area contributed by atoms with Crippen molar-refractivity contribution in [1.82, 2.24) is 14.9 Å². The van der Waals surface area contributed by atoms with E-state index in [9.17, 15) is 4.79 Å². The van der Waals surface area contributed by atoms with Crippen molar-refractivity contribution in [2.45, 2.75) is 38.1 Å². The molecule has 0 radical (unpaired) electrons. The van der Waals surface area contributed by atoms with Gasteiger partial charge in [0.15, 0.2) is 0 Å². The second-order valence-electron chi connectivity index (χ2n) is 5.46. The Balaban J connectivity index is 2.11. The Bertz CT molecular complexity index is 432. The number of aryl methyl sites for hydroxylation is 1. The molecule has 1 amide bonds. The smallest absolute Gasteiger partial charge is 0.270 e. The van der Waals surface area contributed by atoms with Gasteiger partial charge < -0.3 is 9.88 Å². The van der Waals surface area contributed by atoms with Gasteiger partial charge in [-0.1, -0.05) is 35.7 Å². The van der Waals surface area contributed by atoms with E-state index >= 15 is 0 Å². The Kier molecular flexibility index (Phi) is 4.10. The largest absolute Gasteiger partial charge is 0.344 e. The van der Waals surface area contributed by atoms with Crippen molar-refractivity contribution in [3.8, 4) is 0 Å². The highest BCUT2D eigenvalue weighted by Crippen LogP contribution is 2.33. The van der Waals surface area contributed by atoms with Crippen LogP contribution in [0.4, 0.5) is 0 Å². The third-order valence-corrected chi connectivity index (χ3v) is 4.85. The maximum absolute atomic E-state index is 12.3. The molecule has 5 heteroatoms. The Labute approximate surface area is 116 Å². The molecule has 1 heterocycles. The van der Waals surface area contributed by atoms with Gasteiger partial charge in [0.1, 0.15) is 5.69 Å². The Morgan fingerprint density at radius 1 is 1.72 bits per heavy atom. The van der Waals surface area contributed by atoms with Crippen LogP contribution in [0.5, 0.6) is 0 Å². The monoisotopic (exact) mass is 313 g/mol. The summed E-state index contributed by atoms with van der Waals surface area (Å²) in [5.41, 5.74) is 0.521. The van der Waals surface area contributed by atoms with E-state index in [1.165, 1.54) is 12.8 Å². The molecule has 1 aliphatic rings. The Hall–Kier alpha value is -0.840. The Morgan fingerprint density at radius 2 is 2.50 bits per heavy atom. The van der Waals surface area contributed by atoms with E-state index in [2.05, 4.69) is 33.2 Å². The van der Waals surface area contributed by atoms with Crippen molar-refractivity contribution < 1.29 is 4.79 Å². The number of amides is 1. The molecule has 2 unspecified atom stereocenters. The van der Waals surface area contributed by atoms with E-state index < -0.39 is 0 Å². The molecule has 0 saturated heterocycles. The molecule has 0 aromatic carbocycles. The molecule has 1 fully saturated rings. The number of hydrogen-bond donors (Lipinski definition) is 1. The maximum atomic E-state index is 12.3. The van der Waals surface area contributed by atoms with Crippen LogP contribution in [0.1, 0.15) is 43.1 Å². The zero-order valence-corrected chi connectivity index (χ0v) is 12.5. The van der Waals surface area contributed by atoms with Gasteiger partial charge in [0, 0.05) is 12.4 Å². The minimum Gasteiger partial charge on any atom is -0.344 e. The van der Waals surface area contributed by atoms with Gasteiger partial charge in [-0.15, -0.1) is 0 Å². The van der Waals surface area contributed by atoms with Crippen molar-refractivity contribution in [1.29, 1.82) is 0 Å². The number of rotatable bonds is 3. The normalized spacial score (nSPS) is 28.1. The SMILES string of the molecule is CC1CCCC(CBr)(NC(=O)c2cncn2C)C1. The number of nitrogens with zero attached hydrogens (tertiary/aromatic N) is 2. The second-order valence-corrected chi connectivity index (χ2v) is 6.02. The lowest BCUT2D eigenvalue weighted by molar-refractivity contribution is 0.0861. The van der Waals surface area contributed by atoms with E-state index in [1.54, 1.807) is 17.1 Å². The maximum Gasteiger partial charge on any atom is 0.270 e. The molecule has 2 rings (SSSR count). The molecule has 1 aromatic rings. The summed E-state index contributed by atoms with van der Waals surface area (Å²) in [5.74, 6) is 0.645. The molecular formula is C13H20BrN3O. The van der Waals surface area contributed by atoms with Crippen molar-refractivity contribution >= 4 is 21.8 Å². The van der Waals surface area contributed by atoms with Gasteiger partial charge in [-0.2, -0.15) is 0 Å². The minimum atomic E-state index is -0.0982. The summed E-state index contributed by atoms with van der Waals surface area (Å²) in [6, 6.07) is 0. The van der Waals surface area contributed by atoms with Crippen LogP contribution in [-0.4, -0.2) is 26.3 Å². The van der Waals surface area contributed by atoms with E-state index in [-0.39, 0.29) is 11.4 Å². The number of alkyl halides is 1. The fraction of sp³-hybridized carbons (Fsp3) is 0.692. The Morgan fingerprint density at radius 3 is 3.06 bits per heavy atom. The first kappa shape index (κ1) is 13.6. The predicted molar refractivity (Wildman–Crippen MR) is 74.8 cm³/mol. The molecular weight excluding hydrogens is 294 g/mol. The minimum absolute atomic E-state index is 0.0245. The van der Waals surface area contributed by atoms with E-state index in [1.807, 2.05) is 7.05 Å². The summed E-state index contributed by atoms with van der Waals surface area (Å²) >= 11 is 3.57. The van der Waals surface area contributed by atoms with Gasteiger partial charge >= 0.3 is 0 Å². The number of imidazole rings is 1. The van der Waals surface area contributed by atoms with Crippen molar-refractivity contribution in [2.75, 3.05) is 5.33 Å². The number of carbonyl (C=O) groups is 1. The molecule has 2 atom stereocenters. The molecule has 1 aliphatic carbocycles. The zero-order chi connectivity index (χ0) is 13.2. The molecule has 18 heavy (non-hydrogen) atoms. The van der Waals surface area contributed by atoms with Crippen molar-refractivity contribution in [3.05, 3.63) is 18.2 Å². The molecule has 1 saturated carbocycles. The number of nitrogens with one attached hydrogen (secondary N) is 1. The van der Waals surface area contributed by atoms with Gasteiger partial charge in [0.05, 0.1) is 18.1 Å². The first-order valence-corrected chi connectivity index (χ1v) is 7.53. The summed E-state index contributed by atoms with van der Waals surface area (Å²) < 4.78 is 1.75. The summed E-state index contributed by atoms with van der Waals surface area (Å²) in [6.45, 7) is 2.26. The zero-order valence-electron chi connectivity index (χ0n) is 10.9. The quantitative estimate of drug-likeness (QED) is 0.871. The summed E-state index contributed by atoms with van der Waals surface area (Å²) in [6.07, 6.45) is 7.80. The van der Waals surface area contributed by atoms with Gasteiger partial charge in [0.25, 0.3) is 5.91 Å². The van der Waals surface area contributed by atoms with Crippen LogP contribution < -0.4 is 5.32 Å². The second kappa shape index (κ2) is 5.43. The summed E-state index contributed by atoms with van der Waals surface area (Å²) in [4.78, 5) is 16.3. The van der Waals surface area contributed by atoms with Crippen LogP contribution >= 0.6 is 15.9 Å². The lowest BCUT2D eigenvalue weighted by Crippen LogP contribution is -2.52. The predicted octanol–water partition coefficient (Wildman–Crippen LogP) is 2.49. The molecule has 0 spiro atoms. The topological polar surface area (TPSA) is 46.9 Å². The molecule has 100 valence electrons. The van der Waals surface area contributed by atoms with Crippen LogP contribution in [-0.2, 0) is 7.05 Å². The van der Waals surface area contributed by atoms with Crippen LogP contribution in [0, 0.1) is 5.92 Å². The van der Waals surface area contributed by atoms with Crippen LogP contribution in [0.3, 0.4) is 0 Å². The van der Waals surface area contributed by atoms with E-state index in [4.69, 9.17) is 0 Å². The molecule has 0 bridgehead atoms. The number of hydrogen-bond acceptors (Lipinski definition) is 2. The van der Waals surface area contributed by atoms with E-state index in [0.29, 0.717) is 11.6 Å². The first-order chi connectivity index (χ1) is 8.56. The van der Waals surface area contributed by atoms with Crippen LogP contribution in [0.15, 0.2) is 12.5 Å². The lowest BCUT2D eigenvalue weighted by atomic mass is 9.77. The average Bonchev–Trinajstić information content (AvgIpc) is 2.75. The molecule has 1 aromatic heterocycles. The first-order valence-electron chi connectivity index (χ1n) is 6.41. The van der Waals surface area contributed by atoms with E-state index in [0.717, 1.165) is 18.2 Å². The lowest BCUT2D eigenvalue weighted by Gasteiger charge is -2.39. The van der Waals surface area contributed by atoms with Crippen molar-refractivity contribution in [2.24, 2.45) is 13.0 Å². The highest BCUT2D eigenvalue weighted by molar-refractivity contribution is 9.09. The van der Waals surface area contributed by atoms with Gasteiger partial charge in [-0.05, 0) is 18.8 Å². The fourth-order valence-corrected chi connectivity index (χ4v) is 3.46. The molecule has 0 aliphatic heterocycles. The standard InChI is InChI=1S/C13H20BrN3O/c1-10-4-3-5-13(6-10,8-14)16-12(18)11-7-15-9-17(11)2/h7,9-10H,3-6,8H2,1-2H3,(H,16,18). The fourth-order valence-electron chi connectivity index (χ4n) is 2.81. The van der Waals surface area contributed by atoms with Crippen LogP contribution in [0.2, 0.25) is 0 Å². The molecule has 1 N–H and O–H groups in total. The van der Waals surface area contributed by atoms with Gasteiger partial charge in [-0.3, -0.25) is 4.79 Å². The number of carbonyl (C=O) groups excluding carboxylic acids is 1. The third kappa shape index (κ3) is 2.76. The number of halogens is 1. The third-order valence-electron chi connectivity index (χ3n) is 3.78. The number of aromatic nitrogens is 2. The highest BCUT2D eigenvalue weighted by atomic mass is 79.9.